The van der Waals surface area contributed by atoms with Gasteiger partial charge in [-0.25, -0.2) is 21.9 Å². The SMILES string of the molecule is CN(C)S(=O)(=O)c1ccc(F)c(C(=O)OCC(=O)c2ccc(Cl)c(Cl)c2)c1. The first-order chi connectivity index (χ1) is 12.5. The zero-order valence-electron chi connectivity index (χ0n) is 14.2. The van der Waals surface area contributed by atoms with Gasteiger partial charge in [0, 0.05) is 19.7 Å². The summed E-state index contributed by atoms with van der Waals surface area (Å²) < 4.78 is 43.9. The number of hydrogen-bond acceptors (Lipinski definition) is 5. The molecule has 27 heavy (non-hydrogen) atoms. The maximum absolute atomic E-state index is 13.9. The Hall–Kier alpha value is -2.00. The highest BCUT2D eigenvalue weighted by Gasteiger charge is 2.22. The Morgan fingerprint density at radius 2 is 1.74 bits per heavy atom. The van der Waals surface area contributed by atoms with E-state index in [2.05, 4.69) is 0 Å². The Kier molecular flexibility index (Phi) is 6.59. The second-order valence-electron chi connectivity index (χ2n) is 5.56. The molecule has 0 aliphatic carbocycles. The van der Waals surface area contributed by atoms with Gasteiger partial charge in [0.1, 0.15) is 5.82 Å². The molecule has 0 spiro atoms. The predicted molar refractivity (Wildman–Crippen MR) is 98.3 cm³/mol. The number of Topliss-reactive ketones (excluding diaryl/α,β-unsaturated/α-hetero) is 1. The maximum Gasteiger partial charge on any atom is 0.341 e. The van der Waals surface area contributed by atoms with Gasteiger partial charge in [-0.3, -0.25) is 4.79 Å². The summed E-state index contributed by atoms with van der Waals surface area (Å²) in [6.45, 7) is -0.680. The van der Waals surface area contributed by atoms with Crippen LogP contribution in [0.3, 0.4) is 0 Å². The van der Waals surface area contributed by atoms with Gasteiger partial charge < -0.3 is 4.74 Å². The van der Waals surface area contributed by atoms with Crippen molar-refractivity contribution in [2.45, 2.75) is 4.90 Å². The fourth-order valence-corrected chi connectivity index (χ4v) is 3.22. The number of ketones is 1. The quantitative estimate of drug-likeness (QED) is 0.514. The summed E-state index contributed by atoms with van der Waals surface area (Å²) in [6, 6.07) is 6.85. The van der Waals surface area contributed by atoms with Crippen LogP contribution in [-0.4, -0.2) is 45.2 Å². The molecule has 0 aliphatic rings. The number of halogens is 3. The van der Waals surface area contributed by atoms with Crippen molar-refractivity contribution in [3.63, 3.8) is 0 Å². The highest BCUT2D eigenvalue weighted by atomic mass is 35.5. The van der Waals surface area contributed by atoms with Crippen LogP contribution in [-0.2, 0) is 14.8 Å². The first-order valence-corrected chi connectivity index (χ1v) is 9.61. The molecule has 6 nitrogen and oxygen atoms in total. The van der Waals surface area contributed by atoms with Crippen molar-refractivity contribution in [1.29, 1.82) is 0 Å². The molecule has 0 saturated heterocycles. The van der Waals surface area contributed by atoms with Crippen LogP contribution in [0.4, 0.5) is 4.39 Å². The van der Waals surface area contributed by atoms with E-state index in [4.69, 9.17) is 27.9 Å². The topological polar surface area (TPSA) is 80.8 Å². The summed E-state index contributed by atoms with van der Waals surface area (Å²) >= 11 is 11.6. The number of rotatable bonds is 6. The third-order valence-corrected chi connectivity index (χ3v) is 6.06. The maximum atomic E-state index is 13.9. The third kappa shape index (κ3) is 4.84. The summed E-state index contributed by atoms with van der Waals surface area (Å²) in [6.07, 6.45) is 0. The van der Waals surface area contributed by atoms with Crippen molar-refractivity contribution in [2.24, 2.45) is 0 Å². The zero-order valence-corrected chi connectivity index (χ0v) is 16.5. The summed E-state index contributed by atoms with van der Waals surface area (Å²) in [5.41, 5.74) is -0.443. The predicted octanol–water partition coefficient (Wildman–Crippen LogP) is 3.42. The molecule has 2 aromatic rings. The summed E-state index contributed by atoms with van der Waals surface area (Å²) in [5.74, 6) is -2.73. The highest BCUT2D eigenvalue weighted by molar-refractivity contribution is 7.89. The van der Waals surface area contributed by atoms with Gasteiger partial charge >= 0.3 is 5.97 Å². The van der Waals surface area contributed by atoms with Crippen LogP contribution in [0.5, 0.6) is 0 Å². The van der Waals surface area contributed by atoms with E-state index in [0.29, 0.717) is 0 Å². The van der Waals surface area contributed by atoms with Gasteiger partial charge in [0.05, 0.1) is 20.5 Å². The number of sulfonamides is 1. The molecule has 0 radical (unpaired) electrons. The van der Waals surface area contributed by atoms with Crippen molar-refractivity contribution < 1.29 is 27.1 Å². The molecule has 0 bridgehead atoms. The lowest BCUT2D eigenvalue weighted by molar-refractivity contribution is 0.0470. The highest BCUT2D eigenvalue weighted by Crippen LogP contribution is 2.23. The lowest BCUT2D eigenvalue weighted by atomic mass is 10.1. The number of esters is 1. The van der Waals surface area contributed by atoms with Crippen LogP contribution in [0.25, 0.3) is 0 Å². The normalized spacial score (nSPS) is 11.5. The van der Waals surface area contributed by atoms with Crippen LogP contribution in [0, 0.1) is 5.82 Å². The molecule has 0 amide bonds. The molecule has 0 N–H and O–H groups in total. The van der Waals surface area contributed by atoms with Crippen molar-refractivity contribution in [3.05, 3.63) is 63.4 Å². The largest absolute Gasteiger partial charge is 0.454 e. The first-order valence-electron chi connectivity index (χ1n) is 7.41. The Balaban J connectivity index is 2.18. The lowest BCUT2D eigenvalue weighted by Crippen LogP contribution is -2.23. The number of ether oxygens (including phenoxy) is 1. The van der Waals surface area contributed by atoms with Crippen molar-refractivity contribution in [2.75, 3.05) is 20.7 Å². The van der Waals surface area contributed by atoms with E-state index < -0.39 is 39.8 Å². The Morgan fingerprint density at radius 1 is 1.07 bits per heavy atom. The molecule has 10 heteroatoms. The monoisotopic (exact) mass is 433 g/mol. The smallest absolute Gasteiger partial charge is 0.341 e. The summed E-state index contributed by atoms with van der Waals surface area (Å²) in [5, 5.41) is 0.410. The van der Waals surface area contributed by atoms with Gasteiger partial charge in [0.15, 0.2) is 12.4 Å². The van der Waals surface area contributed by atoms with Crippen molar-refractivity contribution in [3.8, 4) is 0 Å². The minimum atomic E-state index is -3.87. The van der Waals surface area contributed by atoms with E-state index in [-0.39, 0.29) is 20.5 Å². The van der Waals surface area contributed by atoms with Gasteiger partial charge in [0.2, 0.25) is 10.0 Å². The zero-order chi connectivity index (χ0) is 20.4. The second-order valence-corrected chi connectivity index (χ2v) is 8.52. The van der Waals surface area contributed by atoms with Gasteiger partial charge in [-0.1, -0.05) is 23.2 Å². The van der Waals surface area contributed by atoms with E-state index in [1.165, 1.54) is 32.3 Å². The second kappa shape index (κ2) is 8.35. The van der Waals surface area contributed by atoms with Crippen LogP contribution in [0.1, 0.15) is 20.7 Å². The molecule has 2 aromatic carbocycles. The Morgan fingerprint density at radius 3 is 2.33 bits per heavy atom. The van der Waals surface area contributed by atoms with Gasteiger partial charge in [-0.15, -0.1) is 0 Å². The molecule has 0 fully saturated rings. The average molecular weight is 434 g/mol. The van der Waals surface area contributed by atoms with Crippen LogP contribution < -0.4 is 0 Å². The number of carbonyl (C=O) groups excluding carboxylic acids is 2. The van der Waals surface area contributed by atoms with E-state index in [1.54, 1.807) is 0 Å². The third-order valence-electron chi connectivity index (χ3n) is 3.51. The molecule has 0 unspecified atom stereocenters. The van der Waals surface area contributed by atoms with E-state index >= 15 is 0 Å². The minimum Gasteiger partial charge on any atom is -0.454 e. The number of benzene rings is 2. The first kappa shape index (κ1) is 21.3. The van der Waals surface area contributed by atoms with Crippen molar-refractivity contribution in [1.82, 2.24) is 4.31 Å². The fraction of sp³-hybridized carbons (Fsp3) is 0.176. The fourth-order valence-electron chi connectivity index (χ4n) is 1.99. The molecule has 0 atom stereocenters. The van der Waals surface area contributed by atoms with Gasteiger partial charge in [-0.05, 0) is 36.4 Å². The molecular weight excluding hydrogens is 420 g/mol. The minimum absolute atomic E-state index is 0.154. The summed E-state index contributed by atoms with van der Waals surface area (Å²) in [7, 11) is -1.27. The number of nitrogens with zero attached hydrogens (tertiary/aromatic N) is 1. The van der Waals surface area contributed by atoms with E-state index in [0.717, 1.165) is 22.5 Å². The van der Waals surface area contributed by atoms with Gasteiger partial charge in [0.25, 0.3) is 0 Å². The molecule has 0 saturated carbocycles. The standard InChI is InChI=1S/C17H14Cl2FNO5S/c1-21(2)27(24,25)11-4-6-15(20)12(8-11)17(23)26-9-16(22)10-3-5-13(18)14(19)7-10/h3-8H,9H2,1-2H3. The van der Waals surface area contributed by atoms with Crippen LogP contribution in [0.15, 0.2) is 41.3 Å². The Labute approximate surface area is 165 Å². The van der Waals surface area contributed by atoms with Crippen LogP contribution >= 0.6 is 23.2 Å². The molecular formula is C17H14Cl2FNO5S. The number of hydrogen-bond donors (Lipinski definition) is 0. The number of carbonyl (C=O) groups is 2. The lowest BCUT2D eigenvalue weighted by Gasteiger charge is -2.12. The molecule has 2 rings (SSSR count). The molecule has 0 aromatic heterocycles. The Bertz CT molecular complexity index is 1010. The van der Waals surface area contributed by atoms with Gasteiger partial charge in [-0.2, -0.15) is 0 Å². The summed E-state index contributed by atoms with van der Waals surface area (Å²) in [4.78, 5) is 23.9. The van der Waals surface area contributed by atoms with E-state index in [1.807, 2.05) is 0 Å². The molecule has 144 valence electrons. The molecule has 0 heterocycles. The van der Waals surface area contributed by atoms with Crippen molar-refractivity contribution >= 4 is 45.0 Å². The molecule has 0 aliphatic heterocycles. The van der Waals surface area contributed by atoms with Crippen LogP contribution in [0.2, 0.25) is 10.0 Å². The van der Waals surface area contributed by atoms with E-state index in [9.17, 15) is 22.4 Å². The average Bonchev–Trinajstić information content (AvgIpc) is 2.61.